The van der Waals surface area contributed by atoms with Crippen LogP contribution in [0.3, 0.4) is 0 Å². The molecule has 1 heterocycles. The number of carboxylic acid groups (broad SMARTS) is 1. The third-order valence-corrected chi connectivity index (χ3v) is 4.56. The molecule has 2 amide bonds. The van der Waals surface area contributed by atoms with Gasteiger partial charge in [-0.3, -0.25) is 0 Å². The molecule has 0 bridgehead atoms. The van der Waals surface area contributed by atoms with Crippen molar-refractivity contribution in [1.29, 1.82) is 0 Å². The zero-order chi connectivity index (χ0) is 14.6. The summed E-state index contributed by atoms with van der Waals surface area (Å²) in [6, 6.07) is -0.267. The molecule has 0 radical (unpaired) electrons. The van der Waals surface area contributed by atoms with Gasteiger partial charge in [-0.15, -0.1) is 0 Å². The molecule has 2 rings (SSSR count). The largest absolute Gasteiger partial charge is 0.480 e. The standard InChI is InChI=1S/C14H24N2O4/c17-9-5-11-4-3-8-16(10-11)13(20)15-14(12(18)19)6-1-2-7-14/h11,17H,1-10H2,(H,15,20)(H,18,19). The van der Waals surface area contributed by atoms with Crippen molar-refractivity contribution in [3.05, 3.63) is 0 Å². The van der Waals surface area contributed by atoms with Crippen LogP contribution in [0.4, 0.5) is 4.79 Å². The lowest BCUT2D eigenvalue weighted by molar-refractivity contribution is -0.144. The van der Waals surface area contributed by atoms with Gasteiger partial charge in [0.2, 0.25) is 0 Å². The van der Waals surface area contributed by atoms with Gasteiger partial charge in [-0.25, -0.2) is 9.59 Å². The summed E-state index contributed by atoms with van der Waals surface area (Å²) < 4.78 is 0. The van der Waals surface area contributed by atoms with Gasteiger partial charge in [0.1, 0.15) is 5.54 Å². The number of amides is 2. The number of carboxylic acids is 1. The molecule has 6 heteroatoms. The Balaban J connectivity index is 1.95. The molecule has 0 aromatic carbocycles. The zero-order valence-electron chi connectivity index (χ0n) is 11.8. The van der Waals surface area contributed by atoms with E-state index in [1.54, 1.807) is 4.90 Å². The molecule has 0 aromatic rings. The van der Waals surface area contributed by atoms with E-state index in [0.29, 0.717) is 38.3 Å². The molecule has 2 fully saturated rings. The van der Waals surface area contributed by atoms with Crippen LogP contribution in [-0.2, 0) is 4.79 Å². The van der Waals surface area contributed by atoms with E-state index < -0.39 is 11.5 Å². The van der Waals surface area contributed by atoms with Crippen LogP contribution in [0.2, 0.25) is 0 Å². The fourth-order valence-corrected chi connectivity index (χ4v) is 3.32. The number of aliphatic hydroxyl groups excluding tert-OH is 1. The van der Waals surface area contributed by atoms with E-state index in [4.69, 9.17) is 5.11 Å². The Morgan fingerprint density at radius 3 is 2.55 bits per heavy atom. The van der Waals surface area contributed by atoms with Crippen molar-refractivity contribution in [3.63, 3.8) is 0 Å². The predicted octanol–water partition coefficient (Wildman–Crippen LogP) is 1.19. The molecule has 2 aliphatic rings. The molecule has 1 atom stereocenters. The van der Waals surface area contributed by atoms with E-state index in [1.165, 1.54) is 0 Å². The lowest BCUT2D eigenvalue weighted by Crippen LogP contribution is -2.57. The highest BCUT2D eigenvalue weighted by Gasteiger charge is 2.43. The zero-order valence-corrected chi connectivity index (χ0v) is 11.8. The van der Waals surface area contributed by atoms with E-state index in [2.05, 4.69) is 5.32 Å². The van der Waals surface area contributed by atoms with Crippen LogP contribution in [0.1, 0.15) is 44.9 Å². The smallest absolute Gasteiger partial charge is 0.329 e. The number of nitrogens with zero attached hydrogens (tertiary/aromatic N) is 1. The molecule has 3 N–H and O–H groups in total. The lowest BCUT2D eigenvalue weighted by Gasteiger charge is -2.35. The van der Waals surface area contributed by atoms with Crippen molar-refractivity contribution in [1.82, 2.24) is 10.2 Å². The second kappa shape index (κ2) is 6.43. The summed E-state index contributed by atoms with van der Waals surface area (Å²) in [6.45, 7) is 1.42. The van der Waals surface area contributed by atoms with Gasteiger partial charge in [0.25, 0.3) is 0 Å². The fraction of sp³-hybridized carbons (Fsp3) is 0.857. The van der Waals surface area contributed by atoms with Crippen LogP contribution >= 0.6 is 0 Å². The number of nitrogens with one attached hydrogen (secondary N) is 1. The summed E-state index contributed by atoms with van der Waals surface area (Å²) in [5.41, 5.74) is -1.07. The number of piperidine rings is 1. The van der Waals surface area contributed by atoms with Gasteiger partial charge < -0.3 is 20.4 Å². The number of urea groups is 1. The van der Waals surface area contributed by atoms with Crippen molar-refractivity contribution in [2.24, 2.45) is 5.92 Å². The molecule has 1 saturated carbocycles. The minimum Gasteiger partial charge on any atom is -0.480 e. The summed E-state index contributed by atoms with van der Waals surface area (Å²) in [6.07, 6.45) is 5.36. The van der Waals surface area contributed by atoms with Gasteiger partial charge in [0, 0.05) is 19.7 Å². The molecule has 1 unspecified atom stereocenters. The molecule has 1 saturated heterocycles. The Labute approximate surface area is 119 Å². The van der Waals surface area contributed by atoms with Crippen molar-refractivity contribution >= 4 is 12.0 Å². The predicted molar refractivity (Wildman–Crippen MR) is 73.4 cm³/mol. The second-order valence-electron chi connectivity index (χ2n) is 5.99. The maximum Gasteiger partial charge on any atom is 0.329 e. The van der Waals surface area contributed by atoms with E-state index in [-0.39, 0.29) is 12.6 Å². The van der Waals surface area contributed by atoms with Crippen LogP contribution in [-0.4, -0.2) is 52.3 Å². The molecule has 114 valence electrons. The van der Waals surface area contributed by atoms with Crippen molar-refractivity contribution in [2.75, 3.05) is 19.7 Å². The van der Waals surface area contributed by atoms with Gasteiger partial charge in [-0.2, -0.15) is 0 Å². The summed E-state index contributed by atoms with van der Waals surface area (Å²) in [4.78, 5) is 25.4. The molecule has 0 aromatic heterocycles. The highest BCUT2D eigenvalue weighted by atomic mass is 16.4. The van der Waals surface area contributed by atoms with Crippen LogP contribution in [0, 0.1) is 5.92 Å². The van der Waals surface area contributed by atoms with E-state index in [1.807, 2.05) is 0 Å². The minimum absolute atomic E-state index is 0.138. The molecule has 6 nitrogen and oxygen atoms in total. The Bertz CT molecular complexity index is 364. The van der Waals surface area contributed by atoms with Gasteiger partial charge in [-0.05, 0) is 38.0 Å². The van der Waals surface area contributed by atoms with E-state index >= 15 is 0 Å². The quantitative estimate of drug-likeness (QED) is 0.723. The van der Waals surface area contributed by atoms with Crippen molar-refractivity contribution in [2.45, 2.75) is 50.5 Å². The highest BCUT2D eigenvalue weighted by molar-refractivity contribution is 5.86. The number of hydrogen-bond acceptors (Lipinski definition) is 3. The maximum atomic E-state index is 12.3. The normalized spacial score (nSPS) is 25.4. The number of carbonyl (C=O) groups excluding carboxylic acids is 1. The summed E-state index contributed by atoms with van der Waals surface area (Å²) >= 11 is 0. The number of aliphatic carboxylic acids is 1. The Morgan fingerprint density at radius 1 is 1.25 bits per heavy atom. The molecular weight excluding hydrogens is 260 g/mol. The number of hydrogen-bond donors (Lipinski definition) is 3. The van der Waals surface area contributed by atoms with Gasteiger partial charge in [-0.1, -0.05) is 12.8 Å². The first-order valence-electron chi connectivity index (χ1n) is 7.49. The number of rotatable bonds is 4. The number of aliphatic hydroxyl groups is 1. The van der Waals surface area contributed by atoms with E-state index in [0.717, 1.165) is 25.7 Å². The van der Waals surface area contributed by atoms with Crippen LogP contribution < -0.4 is 5.32 Å². The molecular formula is C14H24N2O4. The monoisotopic (exact) mass is 284 g/mol. The first kappa shape index (κ1) is 15.1. The number of likely N-dealkylation sites (tertiary alicyclic amines) is 1. The average molecular weight is 284 g/mol. The summed E-state index contributed by atoms with van der Waals surface area (Å²) in [7, 11) is 0. The topological polar surface area (TPSA) is 89.9 Å². The Hall–Kier alpha value is -1.30. The first-order valence-corrected chi connectivity index (χ1v) is 7.49. The molecule has 1 aliphatic carbocycles. The Kier molecular flexibility index (Phi) is 4.86. The second-order valence-corrected chi connectivity index (χ2v) is 5.99. The third-order valence-electron chi connectivity index (χ3n) is 4.56. The first-order chi connectivity index (χ1) is 9.57. The Morgan fingerprint density at radius 2 is 1.95 bits per heavy atom. The summed E-state index contributed by atoms with van der Waals surface area (Å²) in [5.74, 6) is -0.601. The molecule has 0 spiro atoms. The highest BCUT2D eigenvalue weighted by Crippen LogP contribution is 2.30. The molecule has 20 heavy (non-hydrogen) atoms. The maximum absolute atomic E-state index is 12.3. The van der Waals surface area contributed by atoms with Crippen LogP contribution in [0.5, 0.6) is 0 Å². The average Bonchev–Trinajstić information content (AvgIpc) is 2.89. The fourth-order valence-electron chi connectivity index (χ4n) is 3.32. The minimum atomic E-state index is -1.07. The van der Waals surface area contributed by atoms with Crippen LogP contribution in [0.25, 0.3) is 0 Å². The van der Waals surface area contributed by atoms with Crippen LogP contribution in [0.15, 0.2) is 0 Å². The lowest BCUT2D eigenvalue weighted by atomic mass is 9.95. The van der Waals surface area contributed by atoms with Gasteiger partial charge >= 0.3 is 12.0 Å². The van der Waals surface area contributed by atoms with Gasteiger partial charge in [0.05, 0.1) is 0 Å². The van der Waals surface area contributed by atoms with Crippen molar-refractivity contribution < 1.29 is 19.8 Å². The SMILES string of the molecule is O=C(NC1(C(=O)O)CCCC1)N1CCCC(CCO)C1. The van der Waals surface area contributed by atoms with E-state index in [9.17, 15) is 14.7 Å². The molecule has 1 aliphatic heterocycles. The summed E-state index contributed by atoms with van der Waals surface area (Å²) in [5, 5.41) is 21.1. The third kappa shape index (κ3) is 3.23. The van der Waals surface area contributed by atoms with Gasteiger partial charge in [0.15, 0.2) is 0 Å². The number of carbonyl (C=O) groups is 2. The van der Waals surface area contributed by atoms with Crippen molar-refractivity contribution in [3.8, 4) is 0 Å².